The summed E-state index contributed by atoms with van der Waals surface area (Å²) in [5.41, 5.74) is 0.421. The number of nitrogens with zero attached hydrogens (tertiary/aromatic N) is 1. The van der Waals surface area contributed by atoms with E-state index in [0.29, 0.717) is 5.56 Å². The number of carbonyl (C=O) groups excluding carboxylic acids is 2. The Morgan fingerprint density at radius 3 is 2.23 bits per heavy atom. The number of carboxylic acid groups (broad SMARTS) is 1. The highest BCUT2D eigenvalue weighted by Gasteiger charge is 2.34. The highest BCUT2D eigenvalue weighted by Crippen LogP contribution is 2.14. The Morgan fingerprint density at radius 1 is 1.18 bits per heavy atom. The second-order valence-corrected chi connectivity index (χ2v) is 5.14. The fraction of sp³-hybridized carbons (Fsp3) is 0.438. The lowest BCUT2D eigenvalue weighted by Gasteiger charge is -2.30. The van der Waals surface area contributed by atoms with Gasteiger partial charge in [0.2, 0.25) is 0 Å². The standard InChI is InChI=1S/C16H21NO5/c1-4-22-16(21)17(14(11(2)3)15(19)20)10-13(18)12-8-6-5-7-9-12/h5-9,11,14H,4,10H2,1-3H3,(H,19,20). The molecule has 6 nitrogen and oxygen atoms in total. The van der Waals surface area contributed by atoms with Gasteiger partial charge in [0, 0.05) is 5.56 Å². The minimum atomic E-state index is -1.16. The average molecular weight is 307 g/mol. The fourth-order valence-electron chi connectivity index (χ4n) is 2.13. The first-order chi connectivity index (χ1) is 10.4. The minimum absolute atomic E-state index is 0.110. The zero-order valence-electron chi connectivity index (χ0n) is 13.0. The van der Waals surface area contributed by atoms with E-state index >= 15 is 0 Å². The molecule has 0 radical (unpaired) electrons. The molecule has 0 fully saturated rings. The van der Waals surface area contributed by atoms with Crippen LogP contribution in [0.15, 0.2) is 30.3 Å². The molecule has 6 heteroatoms. The molecule has 0 bridgehead atoms. The van der Waals surface area contributed by atoms with Crippen LogP contribution in [-0.2, 0) is 9.53 Å². The van der Waals surface area contributed by atoms with Crippen LogP contribution in [0.5, 0.6) is 0 Å². The number of hydrogen-bond acceptors (Lipinski definition) is 4. The molecule has 1 atom stereocenters. The van der Waals surface area contributed by atoms with E-state index in [1.165, 1.54) is 0 Å². The highest BCUT2D eigenvalue weighted by molar-refractivity contribution is 5.99. The normalized spacial score (nSPS) is 11.8. The van der Waals surface area contributed by atoms with Gasteiger partial charge in [-0.15, -0.1) is 0 Å². The molecule has 0 spiro atoms. The van der Waals surface area contributed by atoms with Crippen molar-refractivity contribution < 1.29 is 24.2 Å². The summed E-state index contributed by atoms with van der Waals surface area (Å²) in [6.07, 6.45) is -0.798. The summed E-state index contributed by atoms with van der Waals surface area (Å²) in [5, 5.41) is 9.35. The summed E-state index contributed by atoms with van der Waals surface area (Å²) in [7, 11) is 0. The molecular weight excluding hydrogens is 286 g/mol. The Hall–Kier alpha value is -2.37. The predicted molar refractivity (Wildman–Crippen MR) is 80.8 cm³/mol. The summed E-state index contributed by atoms with van der Waals surface area (Å²) in [6, 6.07) is 7.31. The summed E-state index contributed by atoms with van der Waals surface area (Å²) >= 11 is 0. The Kier molecular flexibility index (Phi) is 6.56. The number of hydrogen-bond donors (Lipinski definition) is 1. The van der Waals surface area contributed by atoms with Gasteiger partial charge in [-0.1, -0.05) is 44.2 Å². The van der Waals surface area contributed by atoms with Crippen molar-refractivity contribution >= 4 is 17.8 Å². The number of benzene rings is 1. The molecule has 0 saturated carbocycles. The van der Waals surface area contributed by atoms with Gasteiger partial charge in [-0.25, -0.2) is 9.59 Å². The van der Waals surface area contributed by atoms with Crippen LogP contribution in [-0.4, -0.2) is 47.0 Å². The Labute approximate surface area is 129 Å². The molecule has 0 saturated heterocycles. The number of Topliss-reactive ketones (excluding diaryl/α,β-unsaturated/α-hetero) is 1. The number of carbonyl (C=O) groups is 3. The predicted octanol–water partition coefficient (Wildman–Crippen LogP) is 2.44. The molecule has 120 valence electrons. The van der Waals surface area contributed by atoms with Gasteiger partial charge in [-0.05, 0) is 12.8 Å². The fourth-order valence-corrected chi connectivity index (χ4v) is 2.13. The smallest absolute Gasteiger partial charge is 0.410 e. The van der Waals surface area contributed by atoms with Gasteiger partial charge in [-0.3, -0.25) is 9.69 Å². The minimum Gasteiger partial charge on any atom is -0.480 e. The molecule has 0 aliphatic rings. The molecule has 0 aliphatic heterocycles. The lowest BCUT2D eigenvalue weighted by molar-refractivity contribution is -0.144. The first-order valence-electron chi connectivity index (χ1n) is 7.12. The van der Waals surface area contributed by atoms with Gasteiger partial charge in [0.25, 0.3) is 0 Å². The third-order valence-corrected chi connectivity index (χ3v) is 3.13. The second kappa shape index (κ2) is 8.17. The molecule has 1 aromatic carbocycles. The van der Waals surface area contributed by atoms with Crippen LogP contribution in [0, 0.1) is 5.92 Å². The van der Waals surface area contributed by atoms with E-state index in [2.05, 4.69) is 0 Å². The third kappa shape index (κ3) is 4.58. The van der Waals surface area contributed by atoms with E-state index in [9.17, 15) is 19.5 Å². The van der Waals surface area contributed by atoms with Crippen LogP contribution in [0.4, 0.5) is 4.79 Å². The lowest BCUT2D eigenvalue weighted by Crippen LogP contribution is -2.50. The number of ether oxygens (including phenoxy) is 1. The van der Waals surface area contributed by atoms with Gasteiger partial charge in [0.15, 0.2) is 5.78 Å². The molecule has 1 amide bonds. The van der Waals surface area contributed by atoms with E-state index in [-0.39, 0.29) is 24.9 Å². The SMILES string of the molecule is CCOC(=O)N(CC(=O)c1ccccc1)C(C(=O)O)C(C)C. The largest absolute Gasteiger partial charge is 0.480 e. The maximum Gasteiger partial charge on any atom is 0.410 e. The van der Waals surface area contributed by atoms with Crippen LogP contribution in [0.1, 0.15) is 31.1 Å². The average Bonchev–Trinajstić information content (AvgIpc) is 2.46. The maximum atomic E-state index is 12.3. The topological polar surface area (TPSA) is 83.9 Å². The first kappa shape index (κ1) is 17.7. The van der Waals surface area contributed by atoms with Crippen LogP contribution < -0.4 is 0 Å². The molecule has 1 rings (SSSR count). The van der Waals surface area contributed by atoms with Crippen LogP contribution >= 0.6 is 0 Å². The number of ketones is 1. The zero-order valence-corrected chi connectivity index (χ0v) is 13.0. The molecule has 0 heterocycles. The Bertz CT molecular complexity index is 527. The van der Waals surface area contributed by atoms with Gasteiger partial charge in [0.1, 0.15) is 6.04 Å². The quantitative estimate of drug-likeness (QED) is 0.782. The maximum absolute atomic E-state index is 12.3. The second-order valence-electron chi connectivity index (χ2n) is 5.14. The van der Waals surface area contributed by atoms with Crippen molar-refractivity contribution in [2.75, 3.05) is 13.2 Å². The van der Waals surface area contributed by atoms with E-state index in [4.69, 9.17) is 4.74 Å². The van der Waals surface area contributed by atoms with Gasteiger partial charge in [0.05, 0.1) is 13.2 Å². The van der Waals surface area contributed by atoms with Crippen molar-refractivity contribution in [3.8, 4) is 0 Å². The van der Waals surface area contributed by atoms with E-state index in [1.54, 1.807) is 51.1 Å². The summed E-state index contributed by atoms with van der Waals surface area (Å²) < 4.78 is 4.89. The molecule has 22 heavy (non-hydrogen) atoms. The van der Waals surface area contributed by atoms with Crippen molar-refractivity contribution in [2.45, 2.75) is 26.8 Å². The van der Waals surface area contributed by atoms with Crippen molar-refractivity contribution in [2.24, 2.45) is 5.92 Å². The number of aliphatic carboxylic acids is 1. The molecule has 0 aliphatic carbocycles. The summed E-state index contributed by atoms with van der Waals surface area (Å²) in [4.78, 5) is 36.7. The number of rotatable bonds is 7. The monoisotopic (exact) mass is 307 g/mol. The van der Waals surface area contributed by atoms with Crippen LogP contribution in [0.3, 0.4) is 0 Å². The molecule has 0 aromatic heterocycles. The van der Waals surface area contributed by atoms with E-state index in [0.717, 1.165) is 4.90 Å². The van der Waals surface area contributed by atoms with Crippen molar-refractivity contribution in [3.63, 3.8) is 0 Å². The zero-order chi connectivity index (χ0) is 16.7. The van der Waals surface area contributed by atoms with Crippen LogP contribution in [0.25, 0.3) is 0 Å². The third-order valence-electron chi connectivity index (χ3n) is 3.13. The van der Waals surface area contributed by atoms with Crippen molar-refractivity contribution in [1.29, 1.82) is 0 Å². The van der Waals surface area contributed by atoms with Crippen molar-refractivity contribution in [3.05, 3.63) is 35.9 Å². The van der Waals surface area contributed by atoms with Crippen molar-refractivity contribution in [1.82, 2.24) is 4.90 Å². The first-order valence-corrected chi connectivity index (χ1v) is 7.12. The summed E-state index contributed by atoms with van der Waals surface area (Å²) in [6.45, 7) is 4.76. The molecule has 1 aromatic rings. The Morgan fingerprint density at radius 2 is 1.77 bits per heavy atom. The lowest BCUT2D eigenvalue weighted by atomic mass is 10.0. The van der Waals surface area contributed by atoms with Gasteiger partial charge >= 0.3 is 12.1 Å². The van der Waals surface area contributed by atoms with Gasteiger partial charge < -0.3 is 9.84 Å². The van der Waals surface area contributed by atoms with Gasteiger partial charge in [-0.2, -0.15) is 0 Å². The van der Waals surface area contributed by atoms with E-state index < -0.39 is 18.1 Å². The van der Waals surface area contributed by atoms with E-state index in [1.807, 2.05) is 0 Å². The Balaban J connectivity index is 3.02. The summed E-state index contributed by atoms with van der Waals surface area (Å²) in [5.74, 6) is -1.85. The molecular formula is C16H21NO5. The molecule has 1 unspecified atom stereocenters. The van der Waals surface area contributed by atoms with Crippen LogP contribution in [0.2, 0.25) is 0 Å². The molecule has 1 N–H and O–H groups in total. The number of amides is 1. The highest BCUT2D eigenvalue weighted by atomic mass is 16.6. The number of carboxylic acids is 1.